The quantitative estimate of drug-likeness (QED) is 0.598. The Labute approximate surface area is 159 Å². The molecule has 0 aliphatic rings. The van der Waals surface area contributed by atoms with Crippen LogP contribution in [0.15, 0.2) is 54.6 Å². The van der Waals surface area contributed by atoms with Crippen molar-refractivity contribution in [1.82, 2.24) is 9.97 Å². The highest BCUT2D eigenvalue weighted by atomic mass is 19.1. The zero-order valence-electron chi connectivity index (χ0n) is 15.8. The van der Waals surface area contributed by atoms with E-state index in [1.54, 1.807) is 12.1 Å². The molecule has 0 saturated carbocycles. The molecule has 1 heterocycles. The normalized spacial score (nSPS) is 10.5. The van der Waals surface area contributed by atoms with E-state index in [2.05, 4.69) is 51.5 Å². The Hall–Kier alpha value is -3.15. The van der Waals surface area contributed by atoms with Gasteiger partial charge in [0.1, 0.15) is 11.6 Å². The van der Waals surface area contributed by atoms with Crippen LogP contribution in [0, 0.1) is 12.7 Å². The lowest BCUT2D eigenvalue weighted by Gasteiger charge is -2.21. The predicted molar refractivity (Wildman–Crippen MR) is 110 cm³/mol. The summed E-state index contributed by atoms with van der Waals surface area (Å²) in [6, 6.07) is 16.3. The van der Waals surface area contributed by atoms with Crippen LogP contribution in [0.1, 0.15) is 19.5 Å². The highest BCUT2D eigenvalue weighted by Gasteiger charge is 2.06. The van der Waals surface area contributed by atoms with Crippen molar-refractivity contribution in [3.63, 3.8) is 0 Å². The Kier molecular flexibility index (Phi) is 5.86. The first-order valence-corrected chi connectivity index (χ1v) is 9.07. The van der Waals surface area contributed by atoms with E-state index in [-0.39, 0.29) is 5.82 Å². The van der Waals surface area contributed by atoms with Gasteiger partial charge in [-0.2, -0.15) is 4.98 Å². The van der Waals surface area contributed by atoms with E-state index in [1.807, 2.05) is 25.1 Å². The number of hydrogen-bond acceptors (Lipinski definition) is 5. The highest BCUT2D eigenvalue weighted by Crippen LogP contribution is 2.22. The molecule has 0 aliphatic carbocycles. The molecule has 0 saturated heterocycles. The van der Waals surface area contributed by atoms with Crippen LogP contribution in [-0.2, 0) is 0 Å². The second kappa shape index (κ2) is 8.49. The lowest BCUT2D eigenvalue weighted by molar-refractivity contribution is 0.628. The molecule has 0 bridgehead atoms. The fraction of sp³-hybridized carbons (Fsp3) is 0.238. The number of rotatable bonds is 7. The monoisotopic (exact) mass is 365 g/mol. The Bertz CT molecular complexity index is 891. The lowest BCUT2D eigenvalue weighted by Crippen LogP contribution is -2.21. The van der Waals surface area contributed by atoms with Crippen molar-refractivity contribution in [3.8, 4) is 0 Å². The van der Waals surface area contributed by atoms with Gasteiger partial charge in [-0.25, -0.2) is 9.37 Å². The summed E-state index contributed by atoms with van der Waals surface area (Å²) in [4.78, 5) is 11.2. The Morgan fingerprint density at radius 2 is 1.63 bits per heavy atom. The third-order valence-electron chi connectivity index (χ3n) is 4.20. The minimum atomic E-state index is -0.294. The molecule has 1 aromatic heterocycles. The second-order valence-corrected chi connectivity index (χ2v) is 6.20. The molecule has 0 atom stereocenters. The van der Waals surface area contributed by atoms with E-state index >= 15 is 0 Å². The molecule has 5 nitrogen and oxygen atoms in total. The zero-order valence-corrected chi connectivity index (χ0v) is 15.8. The van der Waals surface area contributed by atoms with Crippen molar-refractivity contribution in [2.45, 2.75) is 20.8 Å². The molecule has 0 fully saturated rings. The summed E-state index contributed by atoms with van der Waals surface area (Å²) in [6.45, 7) is 8.12. The molecule has 140 valence electrons. The fourth-order valence-electron chi connectivity index (χ4n) is 2.88. The molecule has 3 rings (SSSR count). The summed E-state index contributed by atoms with van der Waals surface area (Å²) in [6.07, 6.45) is 0. The minimum absolute atomic E-state index is 0.294. The Balaban J connectivity index is 1.76. The van der Waals surface area contributed by atoms with Crippen LogP contribution in [0.5, 0.6) is 0 Å². The molecule has 0 spiro atoms. The average Bonchev–Trinajstić information content (AvgIpc) is 2.63. The summed E-state index contributed by atoms with van der Waals surface area (Å²) in [5.74, 6) is 0.803. The number of halogens is 1. The number of aromatic nitrogens is 2. The predicted octanol–water partition coefficient (Wildman–Crippen LogP) is 5.26. The van der Waals surface area contributed by atoms with Gasteiger partial charge < -0.3 is 15.5 Å². The van der Waals surface area contributed by atoms with Crippen LogP contribution in [0.2, 0.25) is 0 Å². The van der Waals surface area contributed by atoms with Gasteiger partial charge in [-0.15, -0.1) is 0 Å². The molecule has 6 heteroatoms. The molecule has 0 unspecified atom stereocenters. The maximum Gasteiger partial charge on any atom is 0.229 e. The molecule has 0 radical (unpaired) electrons. The second-order valence-electron chi connectivity index (χ2n) is 6.20. The maximum atomic E-state index is 13.4. The van der Waals surface area contributed by atoms with E-state index < -0.39 is 0 Å². The molecular weight excluding hydrogens is 341 g/mol. The first-order chi connectivity index (χ1) is 13.1. The van der Waals surface area contributed by atoms with Gasteiger partial charge in [0.05, 0.1) is 0 Å². The van der Waals surface area contributed by atoms with Gasteiger partial charge in [-0.3, -0.25) is 0 Å². The van der Waals surface area contributed by atoms with E-state index in [9.17, 15) is 4.39 Å². The van der Waals surface area contributed by atoms with Crippen molar-refractivity contribution in [1.29, 1.82) is 0 Å². The Morgan fingerprint density at radius 1 is 0.889 bits per heavy atom. The molecule has 2 aromatic carbocycles. The van der Waals surface area contributed by atoms with Crippen LogP contribution < -0.4 is 15.5 Å². The van der Waals surface area contributed by atoms with Crippen molar-refractivity contribution >= 4 is 28.8 Å². The lowest BCUT2D eigenvalue weighted by atomic mass is 10.2. The SMILES string of the molecule is CCN(CC)c1ccc(Nc2nc(C)cc(Nc3cccc(F)c3)n2)cc1. The molecule has 0 aliphatic heterocycles. The molecule has 3 aromatic rings. The third kappa shape index (κ3) is 4.94. The number of aryl methyl sites for hydroxylation is 1. The first kappa shape index (κ1) is 18.6. The van der Waals surface area contributed by atoms with Gasteiger partial charge in [0.2, 0.25) is 5.95 Å². The highest BCUT2D eigenvalue weighted by molar-refractivity contribution is 5.62. The smallest absolute Gasteiger partial charge is 0.229 e. The molecular formula is C21H24FN5. The summed E-state index contributed by atoms with van der Waals surface area (Å²) in [5, 5.41) is 6.34. The Morgan fingerprint density at radius 3 is 2.30 bits per heavy atom. The van der Waals surface area contributed by atoms with Gasteiger partial charge in [0, 0.05) is 41.9 Å². The number of hydrogen-bond donors (Lipinski definition) is 2. The van der Waals surface area contributed by atoms with Crippen LogP contribution in [-0.4, -0.2) is 23.1 Å². The number of nitrogens with one attached hydrogen (secondary N) is 2. The van der Waals surface area contributed by atoms with E-state index in [4.69, 9.17) is 0 Å². The molecule has 27 heavy (non-hydrogen) atoms. The largest absolute Gasteiger partial charge is 0.372 e. The number of anilines is 5. The van der Waals surface area contributed by atoms with Gasteiger partial charge in [-0.1, -0.05) is 6.07 Å². The topological polar surface area (TPSA) is 53.1 Å². The average molecular weight is 365 g/mol. The van der Waals surface area contributed by atoms with E-state index in [0.717, 1.165) is 24.5 Å². The van der Waals surface area contributed by atoms with Crippen LogP contribution in [0.25, 0.3) is 0 Å². The van der Waals surface area contributed by atoms with Gasteiger partial charge in [-0.05, 0) is 63.2 Å². The van der Waals surface area contributed by atoms with Crippen molar-refractivity contribution in [2.24, 2.45) is 0 Å². The maximum absolute atomic E-state index is 13.4. The summed E-state index contributed by atoms with van der Waals surface area (Å²) in [7, 11) is 0. The number of benzene rings is 2. The van der Waals surface area contributed by atoms with E-state index in [1.165, 1.54) is 17.8 Å². The van der Waals surface area contributed by atoms with Crippen molar-refractivity contribution < 1.29 is 4.39 Å². The summed E-state index contributed by atoms with van der Waals surface area (Å²) < 4.78 is 13.4. The fourth-order valence-corrected chi connectivity index (χ4v) is 2.88. The zero-order chi connectivity index (χ0) is 19.2. The molecule has 0 amide bonds. The summed E-state index contributed by atoms with van der Waals surface area (Å²) >= 11 is 0. The number of nitrogens with zero attached hydrogens (tertiary/aromatic N) is 3. The van der Waals surface area contributed by atoms with Crippen molar-refractivity contribution in [2.75, 3.05) is 28.6 Å². The summed E-state index contributed by atoms with van der Waals surface area (Å²) in [5.41, 5.74) is 3.55. The molecule has 2 N–H and O–H groups in total. The first-order valence-electron chi connectivity index (χ1n) is 9.07. The van der Waals surface area contributed by atoms with Crippen LogP contribution in [0.4, 0.5) is 33.2 Å². The van der Waals surface area contributed by atoms with Gasteiger partial charge >= 0.3 is 0 Å². The van der Waals surface area contributed by atoms with Crippen LogP contribution in [0.3, 0.4) is 0 Å². The standard InChI is InChI=1S/C21H24FN5/c1-4-27(5-2)19-11-9-17(10-12-19)25-21-23-15(3)13-20(26-21)24-18-8-6-7-16(22)14-18/h6-14H,4-5H2,1-3H3,(H2,23,24,25,26). The van der Waals surface area contributed by atoms with Gasteiger partial charge in [0.25, 0.3) is 0 Å². The van der Waals surface area contributed by atoms with Crippen molar-refractivity contribution in [3.05, 3.63) is 66.1 Å². The van der Waals surface area contributed by atoms with Crippen LogP contribution >= 0.6 is 0 Å². The van der Waals surface area contributed by atoms with Gasteiger partial charge in [0.15, 0.2) is 0 Å². The minimum Gasteiger partial charge on any atom is -0.372 e. The van der Waals surface area contributed by atoms with E-state index in [0.29, 0.717) is 17.5 Å². The third-order valence-corrected chi connectivity index (χ3v) is 4.20.